The normalized spacial score (nSPS) is 13.6. The van der Waals surface area contributed by atoms with Crippen LogP contribution in [0.3, 0.4) is 0 Å². The van der Waals surface area contributed by atoms with Crippen LogP contribution in [0.2, 0.25) is 0 Å². The number of carbonyl (C=O) groups excluding carboxylic acids is 1. The summed E-state index contributed by atoms with van der Waals surface area (Å²) in [5, 5.41) is 23.3. The number of hydrogen-bond acceptors (Lipinski definition) is 3. The van der Waals surface area contributed by atoms with E-state index in [1.165, 1.54) is 161 Å². The Labute approximate surface area is 423 Å². The molecule has 0 aromatic rings. The topological polar surface area (TPSA) is 69.6 Å². The maximum Gasteiger partial charge on any atom is 0.220 e. The van der Waals surface area contributed by atoms with Gasteiger partial charge in [-0.15, -0.1) is 0 Å². The van der Waals surface area contributed by atoms with Crippen LogP contribution < -0.4 is 5.32 Å². The van der Waals surface area contributed by atoms with E-state index in [-0.39, 0.29) is 12.5 Å². The van der Waals surface area contributed by atoms with Gasteiger partial charge < -0.3 is 15.5 Å². The fourth-order valence-corrected chi connectivity index (χ4v) is 8.41. The molecule has 0 aromatic heterocycles. The number of amides is 1. The van der Waals surface area contributed by atoms with Gasteiger partial charge in [-0.3, -0.25) is 4.79 Å². The summed E-state index contributed by atoms with van der Waals surface area (Å²) < 4.78 is 0. The summed E-state index contributed by atoms with van der Waals surface area (Å²) in [6.07, 6.45) is 87.8. The Bertz CT molecular complexity index is 1300. The van der Waals surface area contributed by atoms with E-state index in [1.54, 1.807) is 0 Å². The van der Waals surface area contributed by atoms with E-state index in [4.69, 9.17) is 0 Å². The molecule has 4 heteroatoms. The SMILES string of the molecule is CC/C=C\C/C=C\C/C=C\C/C=C\C/C=C\C/C=C\C/C=C\C/C=C\C/C=C\CCCCCCCCCCCC(=O)NC(CO)C(O)CCCCCCCCCCCCCCCCCCCCC. The first-order chi connectivity index (χ1) is 33.7. The maximum absolute atomic E-state index is 12.5. The summed E-state index contributed by atoms with van der Waals surface area (Å²) in [6.45, 7) is 4.25. The molecule has 0 rings (SSSR count). The number of aliphatic hydroxyl groups is 2. The molecule has 0 aliphatic heterocycles. The minimum Gasteiger partial charge on any atom is -0.394 e. The average Bonchev–Trinajstić information content (AvgIpc) is 3.34. The molecule has 0 bridgehead atoms. The first kappa shape index (κ1) is 65.0. The summed E-state index contributed by atoms with van der Waals surface area (Å²) in [4.78, 5) is 12.5. The van der Waals surface area contributed by atoms with E-state index in [2.05, 4.69) is 129 Å². The lowest BCUT2D eigenvalue weighted by atomic mass is 10.0. The number of carbonyl (C=O) groups is 1. The molecule has 0 aliphatic rings. The highest BCUT2D eigenvalue weighted by Crippen LogP contribution is 2.16. The Morgan fingerprint density at radius 3 is 0.971 bits per heavy atom. The van der Waals surface area contributed by atoms with Gasteiger partial charge in [0.25, 0.3) is 0 Å². The Kier molecular flexibility index (Phi) is 55.8. The molecule has 3 N–H and O–H groups in total. The average molecular weight is 943 g/mol. The largest absolute Gasteiger partial charge is 0.394 e. The fourth-order valence-electron chi connectivity index (χ4n) is 8.41. The van der Waals surface area contributed by atoms with Crippen LogP contribution in [0, 0.1) is 0 Å². The van der Waals surface area contributed by atoms with Gasteiger partial charge in [0.2, 0.25) is 5.91 Å². The molecule has 2 unspecified atom stereocenters. The highest BCUT2D eigenvalue weighted by atomic mass is 16.3. The standard InChI is InChI=1S/C64H111NO3/c1-3-5-7-9-11-13-15-17-19-21-23-24-25-26-27-28-29-30-31-32-33-34-35-36-37-38-39-40-42-44-46-48-50-52-54-56-58-60-64(68)65-62(61-66)63(67)59-57-55-53-51-49-47-45-43-41-22-20-18-16-14-12-10-8-6-4-2/h5,7,11,13,17,19,23-24,26-27,29-30,32-33,35-36,38-39,62-63,66-67H,3-4,6,8-10,12,14-16,18,20-22,25,28,31,34,37,40-61H2,1-2H3,(H,65,68)/b7-5-,13-11-,19-17-,24-23-,27-26-,30-29-,33-32-,36-35-,39-38-. The minimum absolute atomic E-state index is 0.0399. The predicted molar refractivity (Wildman–Crippen MR) is 303 cm³/mol. The van der Waals surface area contributed by atoms with Crippen molar-refractivity contribution < 1.29 is 15.0 Å². The highest BCUT2D eigenvalue weighted by molar-refractivity contribution is 5.76. The Balaban J connectivity index is 3.57. The molecule has 0 fully saturated rings. The molecular formula is C64H111NO3. The van der Waals surface area contributed by atoms with Gasteiger partial charge in [-0.25, -0.2) is 0 Å². The summed E-state index contributed by atoms with van der Waals surface area (Å²) >= 11 is 0. The van der Waals surface area contributed by atoms with Crippen LogP contribution in [0.5, 0.6) is 0 Å². The van der Waals surface area contributed by atoms with Gasteiger partial charge in [-0.05, 0) is 83.5 Å². The molecule has 0 aromatic carbocycles. The second kappa shape index (κ2) is 58.4. The summed E-state index contributed by atoms with van der Waals surface area (Å²) in [5.41, 5.74) is 0. The van der Waals surface area contributed by atoms with Crippen molar-refractivity contribution >= 4 is 5.91 Å². The zero-order valence-corrected chi connectivity index (χ0v) is 44.8. The number of rotatable bonds is 52. The van der Waals surface area contributed by atoms with Crippen molar-refractivity contribution in [1.82, 2.24) is 5.32 Å². The molecule has 68 heavy (non-hydrogen) atoms. The number of aliphatic hydroxyl groups excluding tert-OH is 2. The third kappa shape index (κ3) is 54.0. The van der Waals surface area contributed by atoms with E-state index in [1.807, 2.05) is 0 Å². The van der Waals surface area contributed by atoms with Gasteiger partial charge in [0.05, 0.1) is 18.8 Å². The lowest BCUT2D eigenvalue weighted by Crippen LogP contribution is -2.45. The molecule has 0 saturated heterocycles. The molecule has 4 nitrogen and oxygen atoms in total. The van der Waals surface area contributed by atoms with E-state index in [9.17, 15) is 15.0 Å². The number of hydrogen-bond donors (Lipinski definition) is 3. The molecule has 0 saturated carbocycles. The molecule has 1 amide bonds. The van der Waals surface area contributed by atoms with Crippen molar-refractivity contribution in [3.8, 4) is 0 Å². The van der Waals surface area contributed by atoms with Crippen LogP contribution in [0.15, 0.2) is 109 Å². The smallest absolute Gasteiger partial charge is 0.220 e. The zero-order chi connectivity index (χ0) is 49.2. The third-order valence-electron chi connectivity index (χ3n) is 12.8. The van der Waals surface area contributed by atoms with Crippen molar-refractivity contribution in [2.45, 2.75) is 283 Å². The van der Waals surface area contributed by atoms with E-state index in [0.717, 1.165) is 83.5 Å². The van der Waals surface area contributed by atoms with Crippen LogP contribution in [0.4, 0.5) is 0 Å². The Morgan fingerprint density at radius 1 is 0.368 bits per heavy atom. The quantitative estimate of drug-likeness (QED) is 0.0420. The first-order valence-corrected chi connectivity index (χ1v) is 29.1. The van der Waals surface area contributed by atoms with Gasteiger partial charge in [-0.2, -0.15) is 0 Å². The second-order valence-corrected chi connectivity index (χ2v) is 19.3. The molecule has 0 heterocycles. The third-order valence-corrected chi connectivity index (χ3v) is 12.8. The predicted octanol–water partition coefficient (Wildman–Crippen LogP) is 19.5. The maximum atomic E-state index is 12.5. The molecule has 390 valence electrons. The first-order valence-electron chi connectivity index (χ1n) is 29.1. The van der Waals surface area contributed by atoms with Crippen LogP contribution in [-0.4, -0.2) is 34.9 Å². The molecule has 0 aliphatic carbocycles. The molecule has 0 spiro atoms. The lowest BCUT2D eigenvalue weighted by molar-refractivity contribution is -0.123. The van der Waals surface area contributed by atoms with Crippen molar-refractivity contribution in [1.29, 1.82) is 0 Å². The summed E-state index contributed by atoms with van der Waals surface area (Å²) in [5.74, 6) is -0.0399. The number of unbranched alkanes of at least 4 members (excludes halogenated alkanes) is 27. The van der Waals surface area contributed by atoms with Crippen LogP contribution in [-0.2, 0) is 4.79 Å². The van der Waals surface area contributed by atoms with Crippen LogP contribution in [0.1, 0.15) is 271 Å². The molecular weight excluding hydrogens is 831 g/mol. The van der Waals surface area contributed by atoms with E-state index in [0.29, 0.717) is 12.8 Å². The van der Waals surface area contributed by atoms with Crippen molar-refractivity contribution in [2.24, 2.45) is 0 Å². The van der Waals surface area contributed by atoms with Gasteiger partial charge in [0.1, 0.15) is 0 Å². The summed E-state index contributed by atoms with van der Waals surface area (Å²) in [7, 11) is 0. The summed E-state index contributed by atoms with van der Waals surface area (Å²) in [6, 6.07) is -0.547. The van der Waals surface area contributed by atoms with Gasteiger partial charge in [0, 0.05) is 6.42 Å². The fraction of sp³-hybridized carbons (Fsp3) is 0.703. The second-order valence-electron chi connectivity index (χ2n) is 19.3. The van der Waals surface area contributed by atoms with Crippen molar-refractivity contribution in [3.05, 3.63) is 109 Å². The minimum atomic E-state index is -0.669. The zero-order valence-electron chi connectivity index (χ0n) is 44.8. The number of allylic oxidation sites excluding steroid dienone is 18. The Hall–Kier alpha value is -2.95. The Morgan fingerprint density at radius 2 is 0.647 bits per heavy atom. The monoisotopic (exact) mass is 942 g/mol. The lowest BCUT2D eigenvalue weighted by Gasteiger charge is -2.22. The van der Waals surface area contributed by atoms with Crippen molar-refractivity contribution in [3.63, 3.8) is 0 Å². The van der Waals surface area contributed by atoms with Crippen LogP contribution in [0.25, 0.3) is 0 Å². The van der Waals surface area contributed by atoms with Gasteiger partial charge >= 0.3 is 0 Å². The van der Waals surface area contributed by atoms with Crippen LogP contribution >= 0.6 is 0 Å². The van der Waals surface area contributed by atoms with E-state index < -0.39 is 12.1 Å². The highest BCUT2D eigenvalue weighted by Gasteiger charge is 2.20. The van der Waals surface area contributed by atoms with E-state index >= 15 is 0 Å². The van der Waals surface area contributed by atoms with Gasteiger partial charge in [-0.1, -0.05) is 290 Å². The van der Waals surface area contributed by atoms with Crippen molar-refractivity contribution in [2.75, 3.05) is 6.61 Å². The molecule has 0 radical (unpaired) electrons. The molecule has 2 atom stereocenters. The number of nitrogens with one attached hydrogen (secondary N) is 1. The van der Waals surface area contributed by atoms with Gasteiger partial charge in [0.15, 0.2) is 0 Å².